The molecule has 0 aromatic carbocycles. The van der Waals surface area contributed by atoms with E-state index in [-0.39, 0.29) is 0 Å². The first-order valence-electron chi connectivity index (χ1n) is 5.70. The van der Waals surface area contributed by atoms with E-state index >= 15 is 0 Å². The zero-order valence-corrected chi connectivity index (χ0v) is 9.00. The van der Waals surface area contributed by atoms with Crippen LogP contribution in [0.15, 0.2) is 0 Å². The zero-order chi connectivity index (χ0) is 9.26. The fourth-order valence-corrected chi connectivity index (χ4v) is 2.89. The van der Waals surface area contributed by atoms with Gasteiger partial charge >= 0.3 is 0 Å². The molecule has 2 aliphatic heterocycles. The lowest BCUT2D eigenvalue weighted by Crippen LogP contribution is -2.48. The highest BCUT2D eigenvalue weighted by atomic mass is 15.2. The molecule has 2 atom stereocenters. The molecule has 0 amide bonds. The Balaban J connectivity index is 1.90. The van der Waals surface area contributed by atoms with Gasteiger partial charge in [0, 0.05) is 13.1 Å². The van der Waals surface area contributed by atoms with Gasteiger partial charge in [-0.2, -0.15) is 0 Å². The largest absolute Gasteiger partial charge is 0.306 e. The molecule has 2 aliphatic rings. The monoisotopic (exact) mass is 182 g/mol. The van der Waals surface area contributed by atoms with Crippen molar-refractivity contribution in [1.29, 1.82) is 0 Å². The van der Waals surface area contributed by atoms with Crippen LogP contribution in [-0.2, 0) is 0 Å². The minimum absolute atomic E-state index is 1.00. The maximum atomic E-state index is 2.62. The Morgan fingerprint density at radius 2 is 1.77 bits per heavy atom. The standard InChI is InChI=1S/C11H22N2/c1-3-13-7-5-10-8-12(2)6-4-11(10)9-13/h10-11H,3-9H2,1-2H3. The average Bonchev–Trinajstić information content (AvgIpc) is 2.17. The van der Waals surface area contributed by atoms with Gasteiger partial charge in [0.1, 0.15) is 0 Å². The molecular formula is C11H22N2. The third-order valence-electron chi connectivity index (χ3n) is 3.85. The number of nitrogens with zero attached hydrogens (tertiary/aromatic N) is 2. The van der Waals surface area contributed by atoms with Crippen molar-refractivity contribution in [3.63, 3.8) is 0 Å². The van der Waals surface area contributed by atoms with Gasteiger partial charge in [-0.05, 0) is 51.4 Å². The van der Waals surface area contributed by atoms with Gasteiger partial charge in [-0.1, -0.05) is 6.92 Å². The van der Waals surface area contributed by atoms with E-state index in [2.05, 4.69) is 23.8 Å². The molecule has 0 spiro atoms. The average molecular weight is 182 g/mol. The van der Waals surface area contributed by atoms with Crippen molar-refractivity contribution < 1.29 is 0 Å². The molecule has 2 unspecified atom stereocenters. The first-order valence-corrected chi connectivity index (χ1v) is 5.70. The highest BCUT2D eigenvalue weighted by molar-refractivity contribution is 4.85. The van der Waals surface area contributed by atoms with Crippen molar-refractivity contribution in [2.75, 3.05) is 39.8 Å². The minimum Gasteiger partial charge on any atom is -0.306 e. The van der Waals surface area contributed by atoms with Crippen LogP contribution in [0.3, 0.4) is 0 Å². The summed E-state index contributed by atoms with van der Waals surface area (Å²) in [6.45, 7) is 8.91. The predicted molar refractivity (Wildman–Crippen MR) is 55.8 cm³/mol. The number of fused-ring (bicyclic) bond motifs is 1. The van der Waals surface area contributed by atoms with Gasteiger partial charge in [0.25, 0.3) is 0 Å². The summed E-state index contributed by atoms with van der Waals surface area (Å²) in [5, 5.41) is 0. The van der Waals surface area contributed by atoms with Crippen LogP contribution in [0.4, 0.5) is 0 Å². The molecule has 0 aromatic rings. The Labute approximate surface area is 81.9 Å². The van der Waals surface area contributed by atoms with E-state index in [1.807, 2.05) is 0 Å². The lowest BCUT2D eigenvalue weighted by Gasteiger charge is -2.43. The van der Waals surface area contributed by atoms with Crippen LogP contribution in [-0.4, -0.2) is 49.6 Å². The van der Waals surface area contributed by atoms with Crippen molar-refractivity contribution >= 4 is 0 Å². The summed E-state index contributed by atoms with van der Waals surface area (Å²) >= 11 is 0. The molecule has 2 heteroatoms. The second kappa shape index (κ2) is 3.97. The summed E-state index contributed by atoms with van der Waals surface area (Å²) in [5.41, 5.74) is 0. The summed E-state index contributed by atoms with van der Waals surface area (Å²) < 4.78 is 0. The molecule has 2 fully saturated rings. The normalized spacial score (nSPS) is 37.4. The Bertz CT molecular complexity index is 169. The molecule has 2 rings (SSSR count). The van der Waals surface area contributed by atoms with Gasteiger partial charge in [-0.3, -0.25) is 0 Å². The molecule has 2 saturated heterocycles. The Morgan fingerprint density at radius 1 is 1.08 bits per heavy atom. The molecule has 2 nitrogen and oxygen atoms in total. The molecule has 0 aliphatic carbocycles. The number of hydrogen-bond acceptors (Lipinski definition) is 2. The van der Waals surface area contributed by atoms with Gasteiger partial charge in [-0.15, -0.1) is 0 Å². The summed E-state index contributed by atoms with van der Waals surface area (Å²) in [6.07, 6.45) is 2.86. The second-order valence-electron chi connectivity index (χ2n) is 4.75. The molecule has 76 valence electrons. The quantitative estimate of drug-likeness (QED) is 0.603. The molecular weight excluding hydrogens is 160 g/mol. The molecule has 0 radical (unpaired) electrons. The smallest absolute Gasteiger partial charge is 0.00132 e. The number of rotatable bonds is 1. The minimum atomic E-state index is 1.00. The van der Waals surface area contributed by atoms with Gasteiger partial charge in [0.05, 0.1) is 0 Å². The first kappa shape index (κ1) is 9.47. The van der Waals surface area contributed by atoms with E-state index in [0.29, 0.717) is 0 Å². The Kier molecular flexibility index (Phi) is 2.89. The molecule has 0 N–H and O–H groups in total. The van der Waals surface area contributed by atoms with Crippen LogP contribution in [0.1, 0.15) is 19.8 Å². The van der Waals surface area contributed by atoms with Crippen LogP contribution in [0, 0.1) is 11.8 Å². The fourth-order valence-electron chi connectivity index (χ4n) is 2.89. The van der Waals surface area contributed by atoms with E-state index in [4.69, 9.17) is 0 Å². The van der Waals surface area contributed by atoms with E-state index in [0.717, 1.165) is 11.8 Å². The molecule has 0 aromatic heterocycles. The third-order valence-corrected chi connectivity index (χ3v) is 3.85. The summed E-state index contributed by atoms with van der Waals surface area (Å²) in [6, 6.07) is 0. The van der Waals surface area contributed by atoms with E-state index < -0.39 is 0 Å². The fraction of sp³-hybridized carbons (Fsp3) is 1.00. The number of likely N-dealkylation sites (tertiary alicyclic amines) is 2. The number of hydrogen-bond donors (Lipinski definition) is 0. The number of piperidine rings is 2. The van der Waals surface area contributed by atoms with Crippen LogP contribution in [0.5, 0.6) is 0 Å². The Morgan fingerprint density at radius 3 is 2.54 bits per heavy atom. The Hall–Kier alpha value is -0.0800. The van der Waals surface area contributed by atoms with E-state index in [1.54, 1.807) is 0 Å². The van der Waals surface area contributed by atoms with E-state index in [1.165, 1.54) is 45.6 Å². The molecule has 13 heavy (non-hydrogen) atoms. The van der Waals surface area contributed by atoms with Crippen molar-refractivity contribution in [3.8, 4) is 0 Å². The van der Waals surface area contributed by atoms with Crippen molar-refractivity contribution in [1.82, 2.24) is 9.80 Å². The van der Waals surface area contributed by atoms with Crippen LogP contribution in [0.25, 0.3) is 0 Å². The second-order valence-corrected chi connectivity index (χ2v) is 4.75. The van der Waals surface area contributed by atoms with Gasteiger partial charge in [0.2, 0.25) is 0 Å². The lowest BCUT2D eigenvalue weighted by molar-refractivity contribution is 0.0557. The maximum Gasteiger partial charge on any atom is 0.00132 e. The highest BCUT2D eigenvalue weighted by Gasteiger charge is 2.32. The predicted octanol–water partition coefficient (Wildman–Crippen LogP) is 1.28. The van der Waals surface area contributed by atoms with Crippen LogP contribution < -0.4 is 0 Å². The SMILES string of the molecule is CCN1CCC2CN(C)CCC2C1. The zero-order valence-electron chi connectivity index (χ0n) is 9.00. The highest BCUT2D eigenvalue weighted by Crippen LogP contribution is 2.30. The van der Waals surface area contributed by atoms with Gasteiger partial charge in [-0.25, -0.2) is 0 Å². The van der Waals surface area contributed by atoms with Gasteiger partial charge < -0.3 is 9.80 Å². The lowest BCUT2D eigenvalue weighted by atomic mass is 9.80. The summed E-state index contributed by atoms with van der Waals surface area (Å²) in [4.78, 5) is 5.12. The topological polar surface area (TPSA) is 6.48 Å². The van der Waals surface area contributed by atoms with E-state index in [9.17, 15) is 0 Å². The summed E-state index contributed by atoms with van der Waals surface area (Å²) in [7, 11) is 2.27. The first-order chi connectivity index (χ1) is 6.29. The van der Waals surface area contributed by atoms with Crippen molar-refractivity contribution in [3.05, 3.63) is 0 Å². The molecule has 0 saturated carbocycles. The summed E-state index contributed by atoms with van der Waals surface area (Å²) in [5.74, 6) is 2.01. The molecule has 0 bridgehead atoms. The van der Waals surface area contributed by atoms with Gasteiger partial charge in [0.15, 0.2) is 0 Å². The van der Waals surface area contributed by atoms with Crippen molar-refractivity contribution in [2.24, 2.45) is 11.8 Å². The van der Waals surface area contributed by atoms with Crippen LogP contribution >= 0.6 is 0 Å². The molecule has 2 heterocycles. The van der Waals surface area contributed by atoms with Crippen molar-refractivity contribution in [2.45, 2.75) is 19.8 Å². The third kappa shape index (κ3) is 2.05. The maximum absolute atomic E-state index is 2.62. The van der Waals surface area contributed by atoms with Crippen LogP contribution in [0.2, 0.25) is 0 Å².